The fourth-order valence-corrected chi connectivity index (χ4v) is 2.45. The number of anilines is 1. The number of hydrogen-bond acceptors (Lipinski definition) is 3. The van der Waals surface area contributed by atoms with E-state index in [1.54, 1.807) is 24.3 Å². The zero-order chi connectivity index (χ0) is 16.7. The Morgan fingerprint density at radius 1 is 1.26 bits per heavy atom. The van der Waals surface area contributed by atoms with Gasteiger partial charge in [0.2, 0.25) is 0 Å². The van der Waals surface area contributed by atoms with E-state index < -0.39 is 5.91 Å². The molecule has 0 aliphatic carbocycles. The number of carbonyl (C=O) groups excluding carboxylic acids is 1. The van der Waals surface area contributed by atoms with Crippen molar-refractivity contribution >= 4 is 39.1 Å². The molecule has 2 N–H and O–H groups in total. The van der Waals surface area contributed by atoms with Gasteiger partial charge in [-0.05, 0) is 29.8 Å². The number of benzene rings is 2. The van der Waals surface area contributed by atoms with Gasteiger partial charge in [0.1, 0.15) is 11.6 Å². The minimum Gasteiger partial charge on any atom is -0.386 e. The molecule has 2 aromatic rings. The van der Waals surface area contributed by atoms with Crippen LogP contribution in [0.15, 0.2) is 64.8 Å². The smallest absolute Gasteiger partial charge is 0.267 e. The van der Waals surface area contributed by atoms with Crippen molar-refractivity contribution in [3.8, 4) is 6.07 Å². The molecular weight excluding hydrogens is 378 g/mol. The molecule has 2 aromatic carbocycles. The first kappa shape index (κ1) is 17.1. The summed E-state index contributed by atoms with van der Waals surface area (Å²) in [5, 5.41) is 15.1. The monoisotopic (exact) mass is 389 g/mol. The van der Waals surface area contributed by atoms with E-state index in [0.717, 1.165) is 10.0 Å². The van der Waals surface area contributed by atoms with Crippen LogP contribution in [0.4, 0.5) is 5.69 Å². The van der Waals surface area contributed by atoms with Crippen molar-refractivity contribution in [1.29, 1.82) is 5.26 Å². The Labute approximate surface area is 147 Å². The van der Waals surface area contributed by atoms with Gasteiger partial charge in [-0.15, -0.1) is 0 Å². The lowest BCUT2D eigenvalue weighted by atomic mass is 10.2. The van der Waals surface area contributed by atoms with Gasteiger partial charge >= 0.3 is 0 Å². The summed E-state index contributed by atoms with van der Waals surface area (Å²) in [5.41, 5.74) is 1.46. The summed E-state index contributed by atoms with van der Waals surface area (Å²) in [5.74, 6) is -0.512. The number of hydrogen-bond donors (Lipinski definition) is 2. The van der Waals surface area contributed by atoms with Crippen LogP contribution in [0.25, 0.3) is 0 Å². The summed E-state index contributed by atoms with van der Waals surface area (Å²) in [7, 11) is 0. The van der Waals surface area contributed by atoms with Gasteiger partial charge in [0.15, 0.2) is 0 Å². The third kappa shape index (κ3) is 5.13. The Kier molecular flexibility index (Phi) is 6.21. The summed E-state index contributed by atoms with van der Waals surface area (Å²) < 4.78 is 0.970. The SMILES string of the molecule is N#C/C(=C/NCc1cccc(Br)c1)C(=O)Nc1ccccc1Cl. The number of nitrogens with zero attached hydrogens (tertiary/aromatic N) is 1. The minimum atomic E-state index is -0.512. The van der Waals surface area contributed by atoms with Gasteiger partial charge in [-0.1, -0.05) is 51.8 Å². The lowest BCUT2D eigenvalue weighted by Gasteiger charge is -2.07. The van der Waals surface area contributed by atoms with Crippen LogP contribution in [-0.4, -0.2) is 5.91 Å². The third-order valence-corrected chi connectivity index (χ3v) is 3.75. The normalized spacial score (nSPS) is 10.7. The molecule has 0 spiro atoms. The van der Waals surface area contributed by atoms with Crippen LogP contribution in [0.2, 0.25) is 5.02 Å². The summed E-state index contributed by atoms with van der Waals surface area (Å²) in [6.07, 6.45) is 1.40. The zero-order valence-electron chi connectivity index (χ0n) is 12.0. The van der Waals surface area contributed by atoms with Gasteiger partial charge < -0.3 is 10.6 Å². The van der Waals surface area contributed by atoms with Gasteiger partial charge in [-0.3, -0.25) is 4.79 Å². The molecule has 0 aliphatic heterocycles. The highest BCUT2D eigenvalue weighted by Crippen LogP contribution is 2.20. The molecule has 0 fully saturated rings. The quantitative estimate of drug-likeness (QED) is 0.593. The summed E-state index contributed by atoms with van der Waals surface area (Å²) in [6, 6.07) is 16.5. The maximum atomic E-state index is 12.1. The van der Waals surface area contributed by atoms with E-state index in [9.17, 15) is 4.79 Å². The molecule has 2 rings (SSSR count). The standard InChI is InChI=1S/C17H13BrClN3O/c18-14-5-3-4-12(8-14)10-21-11-13(9-20)17(23)22-16-7-2-1-6-15(16)19/h1-8,11,21H,10H2,(H,22,23)/b13-11-. The molecule has 6 heteroatoms. The van der Waals surface area contributed by atoms with Gasteiger partial charge in [0, 0.05) is 17.2 Å². The summed E-state index contributed by atoms with van der Waals surface area (Å²) in [4.78, 5) is 12.1. The molecule has 0 saturated heterocycles. The highest BCUT2D eigenvalue weighted by atomic mass is 79.9. The molecule has 0 aromatic heterocycles. The highest BCUT2D eigenvalue weighted by molar-refractivity contribution is 9.10. The van der Waals surface area contributed by atoms with Crippen molar-refractivity contribution in [1.82, 2.24) is 5.32 Å². The van der Waals surface area contributed by atoms with Crippen molar-refractivity contribution in [2.24, 2.45) is 0 Å². The summed E-state index contributed by atoms with van der Waals surface area (Å²) in [6.45, 7) is 0.504. The van der Waals surface area contributed by atoms with E-state index in [-0.39, 0.29) is 5.57 Å². The predicted molar refractivity (Wildman–Crippen MR) is 94.8 cm³/mol. The van der Waals surface area contributed by atoms with Gasteiger partial charge in [-0.2, -0.15) is 5.26 Å². The topological polar surface area (TPSA) is 64.9 Å². The lowest BCUT2D eigenvalue weighted by Crippen LogP contribution is -2.16. The summed E-state index contributed by atoms with van der Waals surface area (Å²) >= 11 is 9.37. The number of nitriles is 1. The molecule has 0 unspecified atom stereocenters. The average Bonchev–Trinajstić information content (AvgIpc) is 2.54. The molecule has 4 nitrogen and oxygen atoms in total. The Hall–Kier alpha value is -2.29. The Balaban J connectivity index is 2.00. The molecule has 116 valence electrons. The molecule has 23 heavy (non-hydrogen) atoms. The molecule has 0 saturated carbocycles. The molecule has 1 amide bonds. The van der Waals surface area contributed by atoms with E-state index in [1.807, 2.05) is 30.3 Å². The van der Waals surface area contributed by atoms with Crippen LogP contribution in [0.3, 0.4) is 0 Å². The van der Waals surface area contributed by atoms with E-state index >= 15 is 0 Å². The highest BCUT2D eigenvalue weighted by Gasteiger charge is 2.10. The fraction of sp³-hybridized carbons (Fsp3) is 0.0588. The van der Waals surface area contributed by atoms with Crippen molar-refractivity contribution in [2.45, 2.75) is 6.54 Å². The number of carbonyl (C=O) groups is 1. The molecule has 0 atom stereocenters. The largest absolute Gasteiger partial charge is 0.386 e. The van der Waals surface area contributed by atoms with Crippen molar-refractivity contribution < 1.29 is 4.79 Å². The number of nitrogens with one attached hydrogen (secondary N) is 2. The van der Waals surface area contributed by atoms with Crippen LogP contribution in [0.1, 0.15) is 5.56 Å². The van der Waals surface area contributed by atoms with E-state index in [0.29, 0.717) is 17.3 Å². The van der Waals surface area contributed by atoms with Gasteiger partial charge in [0.05, 0.1) is 10.7 Å². The molecular formula is C17H13BrClN3O. The second-order valence-corrected chi connectivity index (χ2v) is 5.94. The van der Waals surface area contributed by atoms with E-state index in [4.69, 9.17) is 16.9 Å². The Morgan fingerprint density at radius 3 is 2.74 bits per heavy atom. The van der Waals surface area contributed by atoms with Gasteiger partial charge in [-0.25, -0.2) is 0 Å². The molecule has 0 heterocycles. The van der Waals surface area contributed by atoms with Crippen LogP contribution in [0.5, 0.6) is 0 Å². The first-order chi connectivity index (χ1) is 11.1. The number of rotatable bonds is 5. The molecule has 0 bridgehead atoms. The van der Waals surface area contributed by atoms with E-state index in [1.165, 1.54) is 6.20 Å². The fourth-order valence-electron chi connectivity index (χ4n) is 1.82. The third-order valence-electron chi connectivity index (χ3n) is 2.93. The first-order valence-corrected chi connectivity index (χ1v) is 7.91. The maximum absolute atomic E-state index is 12.1. The van der Waals surface area contributed by atoms with Crippen molar-refractivity contribution in [3.05, 3.63) is 75.4 Å². The van der Waals surface area contributed by atoms with Crippen molar-refractivity contribution in [3.63, 3.8) is 0 Å². The second-order valence-electron chi connectivity index (χ2n) is 4.61. The van der Waals surface area contributed by atoms with Crippen LogP contribution in [0, 0.1) is 11.3 Å². The lowest BCUT2D eigenvalue weighted by molar-refractivity contribution is -0.112. The van der Waals surface area contributed by atoms with Crippen LogP contribution < -0.4 is 10.6 Å². The number of para-hydroxylation sites is 1. The van der Waals surface area contributed by atoms with Crippen LogP contribution in [-0.2, 0) is 11.3 Å². The molecule has 0 aliphatic rings. The van der Waals surface area contributed by atoms with Gasteiger partial charge in [0.25, 0.3) is 5.91 Å². The second kappa shape index (κ2) is 8.37. The number of amides is 1. The predicted octanol–water partition coefficient (Wildman–Crippen LogP) is 4.24. The Morgan fingerprint density at radius 2 is 2.04 bits per heavy atom. The van der Waals surface area contributed by atoms with Crippen molar-refractivity contribution in [2.75, 3.05) is 5.32 Å². The minimum absolute atomic E-state index is 0.0279. The maximum Gasteiger partial charge on any atom is 0.267 e. The zero-order valence-corrected chi connectivity index (χ0v) is 14.4. The average molecular weight is 391 g/mol. The first-order valence-electron chi connectivity index (χ1n) is 6.74. The molecule has 0 radical (unpaired) electrons. The number of halogens is 2. The van der Waals surface area contributed by atoms with E-state index in [2.05, 4.69) is 26.6 Å². The van der Waals surface area contributed by atoms with Crippen LogP contribution >= 0.6 is 27.5 Å². The Bertz CT molecular complexity index is 783.